The first-order chi connectivity index (χ1) is 5.93. The molecule has 0 bridgehead atoms. The average Bonchev–Trinajstić information content (AvgIpc) is 2.07. The lowest BCUT2D eigenvalue weighted by Gasteiger charge is -2.66. The maximum Gasteiger partial charge on any atom is -0.0323 e. The van der Waals surface area contributed by atoms with Crippen LogP contribution in [0.4, 0.5) is 0 Å². The third-order valence-electron chi connectivity index (χ3n) is 5.65. The van der Waals surface area contributed by atoms with Crippen molar-refractivity contribution >= 4 is 0 Å². The molecule has 4 aliphatic rings. The molecule has 4 rings (SSSR count). The van der Waals surface area contributed by atoms with Crippen molar-refractivity contribution in [2.24, 2.45) is 35.5 Å². The predicted molar refractivity (Wildman–Crippen MR) is 48.6 cm³/mol. The quantitative estimate of drug-likeness (QED) is 0.513. The fourth-order valence-corrected chi connectivity index (χ4v) is 5.14. The molecule has 66 valence electrons. The largest absolute Gasteiger partial charge is 0.0499 e. The summed E-state index contributed by atoms with van der Waals surface area (Å²) in [5.41, 5.74) is 0. The van der Waals surface area contributed by atoms with Crippen LogP contribution in [0.5, 0.6) is 0 Å². The molecule has 0 N–H and O–H groups in total. The van der Waals surface area contributed by atoms with E-state index in [-0.39, 0.29) is 0 Å². The Bertz CT molecular complexity index is 168. The second-order valence-corrected chi connectivity index (χ2v) is 5.82. The minimum Gasteiger partial charge on any atom is -0.0499 e. The molecule has 0 saturated heterocycles. The van der Waals surface area contributed by atoms with Gasteiger partial charge in [-0.2, -0.15) is 0 Å². The van der Waals surface area contributed by atoms with E-state index >= 15 is 0 Å². The Hall–Kier alpha value is 0. The summed E-state index contributed by atoms with van der Waals surface area (Å²) >= 11 is 0. The van der Waals surface area contributed by atoms with E-state index in [2.05, 4.69) is 0 Å². The molecule has 0 spiro atoms. The zero-order valence-corrected chi connectivity index (χ0v) is 7.71. The summed E-state index contributed by atoms with van der Waals surface area (Å²) in [6.07, 6.45) is 9.68. The minimum absolute atomic E-state index is 1.21. The van der Waals surface area contributed by atoms with Gasteiger partial charge in [-0.15, -0.1) is 0 Å². The topological polar surface area (TPSA) is 0 Å². The summed E-state index contributed by atoms with van der Waals surface area (Å²) in [7, 11) is 0. The molecule has 4 unspecified atom stereocenters. The van der Waals surface area contributed by atoms with Gasteiger partial charge in [0.1, 0.15) is 0 Å². The lowest BCUT2D eigenvalue weighted by atomic mass is 9.39. The van der Waals surface area contributed by atoms with Crippen molar-refractivity contribution in [2.45, 2.75) is 38.5 Å². The Kier molecular flexibility index (Phi) is 1.03. The van der Waals surface area contributed by atoms with Gasteiger partial charge in [0.15, 0.2) is 0 Å². The highest BCUT2D eigenvalue weighted by Crippen LogP contribution is 2.67. The molecule has 0 aromatic rings. The summed E-state index contributed by atoms with van der Waals surface area (Å²) < 4.78 is 0. The van der Waals surface area contributed by atoms with Gasteiger partial charge in [0.2, 0.25) is 0 Å². The van der Waals surface area contributed by atoms with E-state index in [1.54, 1.807) is 38.5 Å². The van der Waals surface area contributed by atoms with Crippen LogP contribution in [-0.4, -0.2) is 0 Å². The second-order valence-electron chi connectivity index (χ2n) is 5.82. The van der Waals surface area contributed by atoms with Crippen LogP contribution < -0.4 is 0 Å². The molecule has 4 atom stereocenters. The Morgan fingerprint density at radius 2 is 0.833 bits per heavy atom. The van der Waals surface area contributed by atoms with Crippen LogP contribution in [0.15, 0.2) is 0 Å². The fraction of sp³-hybridized carbons (Fsp3) is 1.00. The Morgan fingerprint density at radius 1 is 0.500 bits per heavy atom. The van der Waals surface area contributed by atoms with Crippen molar-refractivity contribution in [3.05, 3.63) is 0 Å². The molecule has 4 fully saturated rings. The van der Waals surface area contributed by atoms with Crippen molar-refractivity contribution in [3.63, 3.8) is 0 Å². The zero-order valence-electron chi connectivity index (χ0n) is 7.71. The molecule has 0 radical (unpaired) electrons. The SMILES string of the molecule is C1CC2CC3CCC4CC1C4C23. The number of hydrogen-bond acceptors (Lipinski definition) is 0. The molecule has 4 saturated carbocycles. The molecule has 0 heterocycles. The van der Waals surface area contributed by atoms with Gasteiger partial charge in [0, 0.05) is 0 Å². The Morgan fingerprint density at radius 3 is 1.17 bits per heavy atom. The molecule has 4 aliphatic carbocycles. The maximum absolute atomic E-state index is 1.63. The molecular formula is C12H18. The first kappa shape index (κ1) is 6.45. The van der Waals surface area contributed by atoms with Gasteiger partial charge in [-0.1, -0.05) is 0 Å². The van der Waals surface area contributed by atoms with E-state index in [9.17, 15) is 0 Å². The van der Waals surface area contributed by atoms with Gasteiger partial charge >= 0.3 is 0 Å². The standard InChI is InChI=1S/C12H18/c1-2-8-6-10-4-3-9-5-7(1)11(9)12(8)10/h7-12H,1-6H2. The van der Waals surface area contributed by atoms with Crippen LogP contribution in [0, 0.1) is 35.5 Å². The maximum atomic E-state index is 1.63. The van der Waals surface area contributed by atoms with Crippen molar-refractivity contribution in [1.29, 1.82) is 0 Å². The zero-order chi connectivity index (χ0) is 7.71. The van der Waals surface area contributed by atoms with Gasteiger partial charge in [0.25, 0.3) is 0 Å². The molecule has 0 heteroatoms. The number of rotatable bonds is 0. The first-order valence-corrected chi connectivity index (χ1v) is 5.93. The van der Waals surface area contributed by atoms with E-state index in [1.165, 1.54) is 35.5 Å². The number of hydrogen-bond donors (Lipinski definition) is 0. The normalized spacial score (nSPS) is 66.0. The smallest absolute Gasteiger partial charge is 0.0323 e. The molecule has 0 amide bonds. The summed E-state index contributed by atoms with van der Waals surface area (Å²) in [6.45, 7) is 0. The van der Waals surface area contributed by atoms with Gasteiger partial charge in [-0.05, 0) is 74.0 Å². The molecular weight excluding hydrogens is 144 g/mol. The van der Waals surface area contributed by atoms with Gasteiger partial charge in [-0.3, -0.25) is 0 Å². The van der Waals surface area contributed by atoms with Crippen molar-refractivity contribution < 1.29 is 0 Å². The third-order valence-corrected chi connectivity index (χ3v) is 5.65. The monoisotopic (exact) mass is 162 g/mol. The van der Waals surface area contributed by atoms with Crippen LogP contribution in [-0.2, 0) is 0 Å². The highest BCUT2D eigenvalue weighted by atomic mass is 14.6. The van der Waals surface area contributed by atoms with Crippen molar-refractivity contribution in [2.75, 3.05) is 0 Å². The Balaban J connectivity index is 1.70. The molecule has 0 aliphatic heterocycles. The van der Waals surface area contributed by atoms with E-state index < -0.39 is 0 Å². The minimum atomic E-state index is 1.21. The molecule has 0 nitrogen and oxygen atoms in total. The lowest BCUT2D eigenvalue weighted by Crippen LogP contribution is -2.58. The van der Waals surface area contributed by atoms with E-state index in [4.69, 9.17) is 0 Å². The van der Waals surface area contributed by atoms with E-state index in [0.717, 1.165) is 0 Å². The highest BCUT2D eigenvalue weighted by Gasteiger charge is 2.59. The van der Waals surface area contributed by atoms with E-state index in [1.807, 2.05) is 0 Å². The van der Waals surface area contributed by atoms with Crippen LogP contribution in [0.3, 0.4) is 0 Å². The average molecular weight is 162 g/mol. The molecule has 12 heavy (non-hydrogen) atoms. The lowest BCUT2D eigenvalue weighted by molar-refractivity contribution is -0.165. The summed E-state index contributed by atoms with van der Waals surface area (Å²) in [6, 6.07) is 0. The van der Waals surface area contributed by atoms with Crippen LogP contribution in [0.1, 0.15) is 38.5 Å². The molecule has 0 aromatic heterocycles. The van der Waals surface area contributed by atoms with Gasteiger partial charge in [0.05, 0.1) is 0 Å². The van der Waals surface area contributed by atoms with Crippen LogP contribution in [0.2, 0.25) is 0 Å². The summed E-state index contributed by atoms with van der Waals surface area (Å²) in [4.78, 5) is 0. The van der Waals surface area contributed by atoms with Gasteiger partial charge < -0.3 is 0 Å². The van der Waals surface area contributed by atoms with Crippen LogP contribution >= 0.6 is 0 Å². The van der Waals surface area contributed by atoms with E-state index in [0.29, 0.717) is 0 Å². The highest BCUT2D eigenvalue weighted by molar-refractivity contribution is 5.08. The fourth-order valence-electron chi connectivity index (χ4n) is 5.14. The molecule has 0 aromatic carbocycles. The second kappa shape index (κ2) is 1.91. The first-order valence-electron chi connectivity index (χ1n) is 5.93. The van der Waals surface area contributed by atoms with Crippen LogP contribution in [0.25, 0.3) is 0 Å². The summed E-state index contributed by atoms with van der Waals surface area (Å²) in [5, 5.41) is 0. The Labute approximate surface area is 74.7 Å². The van der Waals surface area contributed by atoms with Crippen molar-refractivity contribution in [3.8, 4) is 0 Å². The predicted octanol–water partition coefficient (Wildman–Crippen LogP) is 3.08. The summed E-state index contributed by atoms with van der Waals surface area (Å²) in [5.74, 6) is 7.32. The third kappa shape index (κ3) is 0.561. The van der Waals surface area contributed by atoms with Crippen molar-refractivity contribution in [1.82, 2.24) is 0 Å². The van der Waals surface area contributed by atoms with Gasteiger partial charge in [-0.25, -0.2) is 0 Å².